The zero-order chi connectivity index (χ0) is 13.1. The Labute approximate surface area is 106 Å². The third kappa shape index (κ3) is 2.90. The summed E-state index contributed by atoms with van der Waals surface area (Å²) in [6.07, 6.45) is 3.03. The van der Waals surface area contributed by atoms with E-state index < -0.39 is 5.82 Å². The van der Waals surface area contributed by atoms with E-state index in [0.717, 1.165) is 19.4 Å². The fourth-order valence-corrected chi connectivity index (χ4v) is 2.20. The normalized spacial score (nSPS) is 20.1. The second-order valence-corrected chi connectivity index (χ2v) is 4.95. The smallest absolute Gasteiger partial charge is 0.274 e. The molecule has 4 nitrogen and oxygen atoms in total. The van der Waals surface area contributed by atoms with Crippen LogP contribution in [0.25, 0.3) is 0 Å². The summed E-state index contributed by atoms with van der Waals surface area (Å²) in [5, 5.41) is 2.98. The minimum atomic E-state index is -0.400. The molecule has 100 valence electrons. The average molecular weight is 254 g/mol. The predicted octanol–water partition coefficient (Wildman–Crippen LogP) is 2.16. The molecule has 0 unspecified atom stereocenters. The van der Waals surface area contributed by atoms with Crippen LogP contribution >= 0.6 is 0 Å². The van der Waals surface area contributed by atoms with Gasteiger partial charge in [0.1, 0.15) is 11.5 Å². The maximum Gasteiger partial charge on any atom is 0.274 e. The Bertz CT molecular complexity index is 465. The lowest BCUT2D eigenvalue weighted by Crippen LogP contribution is -2.32. The number of rotatable bonds is 3. The minimum absolute atomic E-state index is 0.0605. The summed E-state index contributed by atoms with van der Waals surface area (Å²) in [5.74, 6) is -0.400. The molecular formula is C13H19FN2O2. The molecule has 0 spiro atoms. The van der Waals surface area contributed by atoms with Crippen molar-refractivity contribution in [3.8, 4) is 0 Å². The fraction of sp³-hybridized carbons (Fsp3) is 0.615. The molecular weight excluding hydrogens is 235 g/mol. The van der Waals surface area contributed by atoms with Crippen molar-refractivity contribution in [2.24, 2.45) is 0 Å². The largest absolute Gasteiger partial charge is 0.379 e. The van der Waals surface area contributed by atoms with Crippen molar-refractivity contribution in [1.29, 1.82) is 0 Å². The van der Waals surface area contributed by atoms with Crippen LogP contribution in [0.5, 0.6) is 0 Å². The first kappa shape index (κ1) is 13.1. The molecule has 0 amide bonds. The monoisotopic (exact) mass is 254 g/mol. The zero-order valence-electron chi connectivity index (χ0n) is 10.8. The molecule has 1 aromatic rings. The van der Waals surface area contributed by atoms with Gasteiger partial charge in [0, 0.05) is 24.9 Å². The Balaban J connectivity index is 2.34. The summed E-state index contributed by atoms with van der Waals surface area (Å²) in [4.78, 5) is 12.2. The van der Waals surface area contributed by atoms with E-state index in [0.29, 0.717) is 12.3 Å². The molecule has 2 rings (SSSR count). The minimum Gasteiger partial charge on any atom is -0.379 e. The van der Waals surface area contributed by atoms with Gasteiger partial charge in [-0.15, -0.1) is 0 Å². The third-order valence-electron chi connectivity index (χ3n) is 2.98. The van der Waals surface area contributed by atoms with Gasteiger partial charge in [0.25, 0.3) is 5.56 Å². The Kier molecular flexibility index (Phi) is 4.01. The molecule has 5 heteroatoms. The summed E-state index contributed by atoms with van der Waals surface area (Å²) < 4.78 is 20.4. The van der Waals surface area contributed by atoms with Crippen molar-refractivity contribution in [2.75, 3.05) is 18.5 Å². The van der Waals surface area contributed by atoms with Crippen LogP contribution in [0.1, 0.15) is 32.7 Å². The van der Waals surface area contributed by atoms with Crippen LogP contribution in [0.3, 0.4) is 0 Å². The molecule has 1 N–H and O–H groups in total. The standard InChI is InChI=1S/C13H19FN2O2/c1-9(2)15-12-6-10(14)7-16(13(12)17)11-4-3-5-18-8-11/h6-7,9,11,15H,3-5,8H2,1-2H3/t11-/m0/s1. The molecule has 0 aliphatic carbocycles. The van der Waals surface area contributed by atoms with E-state index in [9.17, 15) is 9.18 Å². The lowest BCUT2D eigenvalue weighted by molar-refractivity contribution is 0.0577. The van der Waals surface area contributed by atoms with Gasteiger partial charge < -0.3 is 14.6 Å². The van der Waals surface area contributed by atoms with Crippen molar-refractivity contribution >= 4 is 5.69 Å². The highest BCUT2D eigenvalue weighted by molar-refractivity contribution is 5.41. The number of hydrogen-bond donors (Lipinski definition) is 1. The number of nitrogens with one attached hydrogen (secondary N) is 1. The molecule has 18 heavy (non-hydrogen) atoms. The van der Waals surface area contributed by atoms with E-state index in [1.165, 1.54) is 16.8 Å². The van der Waals surface area contributed by atoms with Gasteiger partial charge in [-0.3, -0.25) is 4.79 Å². The third-order valence-corrected chi connectivity index (χ3v) is 2.98. The quantitative estimate of drug-likeness (QED) is 0.899. The first-order chi connectivity index (χ1) is 8.58. The van der Waals surface area contributed by atoms with Crippen molar-refractivity contribution in [3.63, 3.8) is 0 Å². The molecule has 1 aliphatic rings. The SMILES string of the molecule is CC(C)Nc1cc(F)cn([C@H]2CCCOC2)c1=O. The first-order valence-corrected chi connectivity index (χ1v) is 6.34. The summed E-state index contributed by atoms with van der Waals surface area (Å²) in [7, 11) is 0. The fourth-order valence-electron chi connectivity index (χ4n) is 2.20. The maximum atomic E-state index is 13.6. The average Bonchev–Trinajstić information content (AvgIpc) is 2.34. The summed E-state index contributed by atoms with van der Waals surface area (Å²) >= 11 is 0. The zero-order valence-corrected chi connectivity index (χ0v) is 10.8. The highest BCUT2D eigenvalue weighted by Crippen LogP contribution is 2.19. The van der Waals surface area contributed by atoms with E-state index in [1.807, 2.05) is 13.8 Å². The molecule has 1 atom stereocenters. The molecule has 1 aliphatic heterocycles. The highest BCUT2D eigenvalue weighted by Gasteiger charge is 2.19. The van der Waals surface area contributed by atoms with Crippen LogP contribution in [0.4, 0.5) is 10.1 Å². The van der Waals surface area contributed by atoms with E-state index in [4.69, 9.17) is 4.74 Å². The molecule has 1 saturated heterocycles. The number of hydrogen-bond acceptors (Lipinski definition) is 3. The number of halogens is 1. The van der Waals surface area contributed by atoms with Gasteiger partial charge >= 0.3 is 0 Å². The van der Waals surface area contributed by atoms with Gasteiger partial charge in [-0.05, 0) is 26.7 Å². The molecule has 0 aromatic carbocycles. The number of aromatic nitrogens is 1. The molecule has 1 aromatic heterocycles. The molecule has 2 heterocycles. The van der Waals surface area contributed by atoms with E-state index in [-0.39, 0.29) is 17.6 Å². The second kappa shape index (κ2) is 5.52. The first-order valence-electron chi connectivity index (χ1n) is 6.34. The van der Waals surface area contributed by atoms with Crippen LogP contribution in [-0.4, -0.2) is 23.8 Å². The topological polar surface area (TPSA) is 43.3 Å². The number of anilines is 1. The van der Waals surface area contributed by atoms with E-state index in [2.05, 4.69) is 5.32 Å². The predicted molar refractivity (Wildman–Crippen MR) is 68.5 cm³/mol. The van der Waals surface area contributed by atoms with Crippen molar-refractivity contribution in [1.82, 2.24) is 4.57 Å². The Morgan fingerprint density at radius 1 is 1.56 bits per heavy atom. The second-order valence-electron chi connectivity index (χ2n) is 4.95. The van der Waals surface area contributed by atoms with E-state index in [1.54, 1.807) is 0 Å². The van der Waals surface area contributed by atoms with Crippen molar-refractivity contribution in [3.05, 3.63) is 28.4 Å². The summed E-state index contributed by atoms with van der Waals surface area (Å²) in [6, 6.07) is 1.29. The molecule has 0 saturated carbocycles. The number of ether oxygens (including phenoxy) is 1. The number of pyridine rings is 1. The van der Waals surface area contributed by atoms with Gasteiger partial charge in [-0.2, -0.15) is 0 Å². The lowest BCUT2D eigenvalue weighted by Gasteiger charge is -2.25. The Hall–Kier alpha value is -1.36. The highest BCUT2D eigenvalue weighted by atomic mass is 19.1. The summed E-state index contributed by atoms with van der Waals surface area (Å²) in [5.41, 5.74) is 0.135. The van der Waals surface area contributed by atoms with Crippen LogP contribution in [0.2, 0.25) is 0 Å². The van der Waals surface area contributed by atoms with Gasteiger partial charge in [-0.1, -0.05) is 0 Å². The van der Waals surface area contributed by atoms with Crippen molar-refractivity contribution < 1.29 is 9.13 Å². The van der Waals surface area contributed by atoms with Crippen molar-refractivity contribution in [2.45, 2.75) is 38.8 Å². The van der Waals surface area contributed by atoms with Crippen LogP contribution in [0, 0.1) is 5.82 Å². The van der Waals surface area contributed by atoms with E-state index >= 15 is 0 Å². The Morgan fingerprint density at radius 2 is 2.33 bits per heavy atom. The van der Waals surface area contributed by atoms with Gasteiger partial charge in [0.05, 0.1) is 12.6 Å². The van der Waals surface area contributed by atoms with Crippen LogP contribution < -0.4 is 10.9 Å². The van der Waals surface area contributed by atoms with Crippen LogP contribution in [-0.2, 0) is 4.74 Å². The van der Waals surface area contributed by atoms with Gasteiger partial charge in [0.2, 0.25) is 0 Å². The van der Waals surface area contributed by atoms with Crippen LogP contribution in [0.15, 0.2) is 17.1 Å². The number of nitrogens with zero attached hydrogens (tertiary/aromatic N) is 1. The summed E-state index contributed by atoms with van der Waals surface area (Å²) in [6.45, 7) is 5.03. The molecule has 0 radical (unpaired) electrons. The molecule has 1 fully saturated rings. The lowest BCUT2D eigenvalue weighted by atomic mass is 10.1. The molecule has 0 bridgehead atoms. The van der Waals surface area contributed by atoms with Gasteiger partial charge in [-0.25, -0.2) is 4.39 Å². The maximum absolute atomic E-state index is 13.6. The van der Waals surface area contributed by atoms with Gasteiger partial charge in [0.15, 0.2) is 0 Å². The Morgan fingerprint density at radius 3 is 2.94 bits per heavy atom.